The minimum atomic E-state index is -0.250. The highest BCUT2D eigenvalue weighted by Gasteiger charge is 2.11. The van der Waals surface area contributed by atoms with Gasteiger partial charge in [0.15, 0.2) is 0 Å². The van der Waals surface area contributed by atoms with Gasteiger partial charge in [0.25, 0.3) is 0 Å². The maximum absolute atomic E-state index is 9.23. The van der Waals surface area contributed by atoms with Crippen LogP contribution in [0.1, 0.15) is 13.3 Å². The van der Waals surface area contributed by atoms with Crippen LogP contribution in [0.2, 0.25) is 0 Å². The quantitative estimate of drug-likeness (QED) is 0.561. The van der Waals surface area contributed by atoms with Crippen molar-refractivity contribution in [2.45, 2.75) is 19.4 Å². The lowest BCUT2D eigenvalue weighted by Gasteiger charge is -2.16. The zero-order valence-corrected chi connectivity index (χ0v) is 5.62. The first kappa shape index (κ1) is 6.56. The molecule has 50 valence electrons. The molecule has 1 heteroatoms. The smallest absolute Gasteiger partial charge is 0.0786 e. The third-order valence-electron chi connectivity index (χ3n) is 1.69. The molecule has 9 heavy (non-hydrogen) atoms. The fourth-order valence-electron chi connectivity index (χ4n) is 1.02. The van der Waals surface area contributed by atoms with Crippen molar-refractivity contribution in [2.24, 2.45) is 5.92 Å². The van der Waals surface area contributed by atoms with Gasteiger partial charge in [-0.15, -0.1) is 0 Å². The molecule has 0 aliphatic heterocycles. The Morgan fingerprint density at radius 3 is 2.44 bits per heavy atom. The summed E-state index contributed by atoms with van der Waals surface area (Å²) in [6.45, 7) is 2.08. The second-order valence-electron chi connectivity index (χ2n) is 2.33. The summed E-state index contributed by atoms with van der Waals surface area (Å²) < 4.78 is 0. The van der Waals surface area contributed by atoms with Crippen LogP contribution in [0.4, 0.5) is 0 Å². The van der Waals surface area contributed by atoms with E-state index in [2.05, 4.69) is 6.92 Å². The number of hydrogen-bond acceptors (Lipinski definition) is 1. The van der Waals surface area contributed by atoms with E-state index in [0.717, 1.165) is 6.42 Å². The molecule has 0 saturated carbocycles. The molecule has 0 aromatic heterocycles. The molecule has 0 heterocycles. The maximum Gasteiger partial charge on any atom is 0.0786 e. The molecule has 1 N–H and O–H groups in total. The van der Waals surface area contributed by atoms with Crippen LogP contribution in [0.5, 0.6) is 0 Å². The Labute approximate surface area is 55.7 Å². The third-order valence-corrected chi connectivity index (χ3v) is 1.69. The summed E-state index contributed by atoms with van der Waals surface area (Å²) in [6, 6.07) is 0. The van der Waals surface area contributed by atoms with Crippen molar-refractivity contribution in [3.63, 3.8) is 0 Å². The molecule has 0 spiro atoms. The standard InChI is InChI=1S/C8H12O/c1-2-7-5-3-4-6-8(7)9/h3-9H,2H2,1H3. The van der Waals surface area contributed by atoms with Gasteiger partial charge in [0.2, 0.25) is 0 Å². The van der Waals surface area contributed by atoms with E-state index < -0.39 is 0 Å². The fraction of sp³-hybridized carbons (Fsp3) is 0.500. The molecule has 0 saturated heterocycles. The predicted molar refractivity (Wildman–Crippen MR) is 38.1 cm³/mol. The van der Waals surface area contributed by atoms with E-state index in [-0.39, 0.29) is 6.10 Å². The lowest BCUT2D eigenvalue weighted by molar-refractivity contribution is 0.173. The summed E-state index contributed by atoms with van der Waals surface area (Å²) in [5.41, 5.74) is 0. The van der Waals surface area contributed by atoms with Gasteiger partial charge in [0.1, 0.15) is 0 Å². The average molecular weight is 124 g/mol. The molecule has 1 aliphatic rings. The van der Waals surface area contributed by atoms with Crippen molar-refractivity contribution < 1.29 is 5.11 Å². The Bertz CT molecular complexity index is 136. The molecular weight excluding hydrogens is 112 g/mol. The Morgan fingerprint density at radius 2 is 2.00 bits per heavy atom. The van der Waals surface area contributed by atoms with Crippen molar-refractivity contribution in [3.05, 3.63) is 24.3 Å². The van der Waals surface area contributed by atoms with E-state index in [4.69, 9.17) is 0 Å². The highest BCUT2D eigenvalue weighted by atomic mass is 16.3. The summed E-state index contributed by atoms with van der Waals surface area (Å²) in [5.74, 6) is 0.343. The van der Waals surface area contributed by atoms with E-state index in [1.165, 1.54) is 0 Å². The first-order chi connectivity index (χ1) is 4.34. The normalized spacial score (nSPS) is 33.1. The van der Waals surface area contributed by atoms with Crippen molar-refractivity contribution >= 4 is 0 Å². The largest absolute Gasteiger partial charge is 0.388 e. The first-order valence-electron chi connectivity index (χ1n) is 3.37. The van der Waals surface area contributed by atoms with Gasteiger partial charge in [-0.1, -0.05) is 31.2 Å². The van der Waals surface area contributed by atoms with Gasteiger partial charge in [0.05, 0.1) is 6.10 Å². The van der Waals surface area contributed by atoms with Gasteiger partial charge in [-0.05, 0) is 6.42 Å². The van der Waals surface area contributed by atoms with Crippen molar-refractivity contribution in [1.82, 2.24) is 0 Å². The van der Waals surface area contributed by atoms with Gasteiger partial charge in [0, 0.05) is 5.92 Å². The number of rotatable bonds is 1. The van der Waals surface area contributed by atoms with Gasteiger partial charge in [-0.2, -0.15) is 0 Å². The number of allylic oxidation sites excluding steroid dienone is 2. The van der Waals surface area contributed by atoms with Gasteiger partial charge >= 0.3 is 0 Å². The maximum atomic E-state index is 9.23. The highest BCUT2D eigenvalue weighted by Crippen LogP contribution is 2.14. The van der Waals surface area contributed by atoms with Gasteiger partial charge in [-0.3, -0.25) is 0 Å². The zero-order valence-electron chi connectivity index (χ0n) is 5.62. The molecule has 1 nitrogen and oxygen atoms in total. The first-order valence-corrected chi connectivity index (χ1v) is 3.37. The van der Waals surface area contributed by atoms with Crippen LogP contribution >= 0.6 is 0 Å². The van der Waals surface area contributed by atoms with E-state index in [1.54, 1.807) is 0 Å². The molecular formula is C8H12O. The number of aliphatic hydroxyl groups excluding tert-OH is 1. The minimum absolute atomic E-state index is 0.250. The van der Waals surface area contributed by atoms with Crippen molar-refractivity contribution in [2.75, 3.05) is 0 Å². The predicted octanol–water partition coefficient (Wildman–Crippen LogP) is 1.50. The Morgan fingerprint density at radius 1 is 1.33 bits per heavy atom. The lowest BCUT2D eigenvalue weighted by Crippen LogP contribution is -2.16. The van der Waals surface area contributed by atoms with Crippen LogP contribution in [-0.2, 0) is 0 Å². The SMILES string of the molecule is CCC1C=CC=CC1O. The van der Waals surface area contributed by atoms with E-state index in [1.807, 2.05) is 24.3 Å². The number of aliphatic hydroxyl groups is 1. The van der Waals surface area contributed by atoms with Crippen LogP contribution in [0.3, 0.4) is 0 Å². The van der Waals surface area contributed by atoms with Crippen LogP contribution in [0.25, 0.3) is 0 Å². The molecule has 1 rings (SSSR count). The molecule has 0 bridgehead atoms. The van der Waals surface area contributed by atoms with Crippen LogP contribution in [-0.4, -0.2) is 11.2 Å². The molecule has 0 aromatic rings. The van der Waals surface area contributed by atoms with Gasteiger partial charge < -0.3 is 5.11 Å². The second-order valence-corrected chi connectivity index (χ2v) is 2.33. The van der Waals surface area contributed by atoms with Crippen molar-refractivity contribution in [3.8, 4) is 0 Å². The zero-order chi connectivity index (χ0) is 6.69. The minimum Gasteiger partial charge on any atom is -0.388 e. The van der Waals surface area contributed by atoms with Crippen LogP contribution < -0.4 is 0 Å². The topological polar surface area (TPSA) is 20.2 Å². The van der Waals surface area contributed by atoms with E-state index in [9.17, 15) is 5.11 Å². The molecule has 0 amide bonds. The van der Waals surface area contributed by atoms with Crippen LogP contribution in [0, 0.1) is 5.92 Å². The monoisotopic (exact) mass is 124 g/mol. The number of hydrogen-bond donors (Lipinski definition) is 1. The Balaban J connectivity index is 2.55. The lowest BCUT2D eigenvalue weighted by atomic mass is 9.95. The summed E-state index contributed by atoms with van der Waals surface area (Å²) in [6.07, 6.45) is 8.51. The summed E-state index contributed by atoms with van der Waals surface area (Å²) in [5, 5.41) is 9.23. The molecule has 0 aromatic carbocycles. The second kappa shape index (κ2) is 2.83. The average Bonchev–Trinajstić information content (AvgIpc) is 1.89. The van der Waals surface area contributed by atoms with Gasteiger partial charge in [-0.25, -0.2) is 0 Å². The molecule has 2 atom stereocenters. The summed E-state index contributed by atoms with van der Waals surface area (Å²) in [7, 11) is 0. The van der Waals surface area contributed by atoms with E-state index >= 15 is 0 Å². The molecule has 0 radical (unpaired) electrons. The summed E-state index contributed by atoms with van der Waals surface area (Å²) >= 11 is 0. The summed E-state index contributed by atoms with van der Waals surface area (Å²) in [4.78, 5) is 0. The molecule has 0 fully saturated rings. The third kappa shape index (κ3) is 1.42. The van der Waals surface area contributed by atoms with Crippen molar-refractivity contribution in [1.29, 1.82) is 0 Å². The molecule has 2 unspecified atom stereocenters. The fourth-order valence-corrected chi connectivity index (χ4v) is 1.02. The molecule has 1 aliphatic carbocycles. The highest BCUT2D eigenvalue weighted by molar-refractivity contribution is 5.14. The Kier molecular flexibility index (Phi) is 2.06. The van der Waals surface area contributed by atoms with E-state index in [0.29, 0.717) is 5.92 Å². The van der Waals surface area contributed by atoms with Crippen LogP contribution in [0.15, 0.2) is 24.3 Å². The Hall–Kier alpha value is -0.560.